The largest absolute Gasteiger partial charge is 0.378 e. The first-order valence-electron chi connectivity index (χ1n) is 7.15. The number of nitriles is 1. The third-order valence-corrected chi connectivity index (χ3v) is 5.12. The lowest BCUT2D eigenvalue weighted by Gasteiger charge is -2.22. The molecule has 1 saturated heterocycles. The van der Waals surface area contributed by atoms with E-state index in [0.717, 1.165) is 25.9 Å². The van der Waals surface area contributed by atoms with Crippen LogP contribution in [0.5, 0.6) is 0 Å². The molecule has 0 aliphatic carbocycles. The number of rotatable bonds is 5. The summed E-state index contributed by atoms with van der Waals surface area (Å²) in [7, 11) is -3.52. The van der Waals surface area contributed by atoms with Gasteiger partial charge in [-0.3, -0.25) is 0 Å². The first kappa shape index (κ1) is 16.0. The van der Waals surface area contributed by atoms with Gasteiger partial charge in [0.1, 0.15) is 0 Å². The molecule has 2 rings (SSSR count). The summed E-state index contributed by atoms with van der Waals surface area (Å²) < 4.78 is 32.6. The quantitative estimate of drug-likeness (QED) is 0.903. The predicted molar refractivity (Wildman–Crippen MR) is 79.3 cm³/mol. The van der Waals surface area contributed by atoms with Gasteiger partial charge >= 0.3 is 0 Å². The summed E-state index contributed by atoms with van der Waals surface area (Å²) in [5.41, 5.74) is 1.15. The summed E-state index contributed by atoms with van der Waals surface area (Å²) in [6.45, 7) is 2.87. The van der Waals surface area contributed by atoms with Crippen molar-refractivity contribution in [3.05, 3.63) is 29.3 Å². The van der Waals surface area contributed by atoms with Crippen LogP contribution in [0.2, 0.25) is 0 Å². The molecule has 1 atom stereocenters. The summed E-state index contributed by atoms with van der Waals surface area (Å²) in [4.78, 5) is 0.198. The number of nitrogens with one attached hydrogen (secondary N) is 1. The highest BCUT2D eigenvalue weighted by Gasteiger charge is 2.17. The van der Waals surface area contributed by atoms with E-state index < -0.39 is 10.0 Å². The van der Waals surface area contributed by atoms with E-state index >= 15 is 0 Å². The first-order valence-corrected chi connectivity index (χ1v) is 8.63. The molecule has 0 amide bonds. The van der Waals surface area contributed by atoms with Crippen molar-refractivity contribution in [1.29, 1.82) is 5.26 Å². The van der Waals surface area contributed by atoms with E-state index in [-0.39, 0.29) is 11.0 Å². The molecule has 0 radical (unpaired) electrons. The molecule has 1 heterocycles. The number of aryl methyl sites for hydroxylation is 1. The Kier molecular flexibility index (Phi) is 5.34. The smallest absolute Gasteiger partial charge is 0.240 e. The molecule has 0 saturated carbocycles. The highest BCUT2D eigenvalue weighted by atomic mass is 32.2. The van der Waals surface area contributed by atoms with E-state index in [1.54, 1.807) is 6.92 Å². The highest BCUT2D eigenvalue weighted by Crippen LogP contribution is 2.17. The molecule has 114 valence electrons. The fourth-order valence-electron chi connectivity index (χ4n) is 2.40. The maximum atomic E-state index is 12.2. The Balaban J connectivity index is 1.95. The van der Waals surface area contributed by atoms with Crippen LogP contribution in [0, 0.1) is 18.3 Å². The van der Waals surface area contributed by atoms with Gasteiger partial charge < -0.3 is 4.74 Å². The second kappa shape index (κ2) is 7.03. The van der Waals surface area contributed by atoms with E-state index in [2.05, 4.69) is 4.72 Å². The van der Waals surface area contributed by atoms with E-state index in [1.807, 2.05) is 6.07 Å². The standard InChI is InChI=1S/C15H20N2O3S/c1-12-10-15(6-5-13(12)11-16)21(18,19)17-8-7-14-4-2-3-9-20-14/h5-6,10,14,17H,2-4,7-9H2,1H3. The zero-order chi connectivity index (χ0) is 15.3. The predicted octanol–water partition coefficient (Wildman–Crippen LogP) is 2.10. The molecular formula is C15H20N2O3S. The molecular weight excluding hydrogens is 288 g/mol. The van der Waals surface area contributed by atoms with Crippen LogP contribution in [0.15, 0.2) is 23.1 Å². The van der Waals surface area contributed by atoms with Gasteiger partial charge in [0.15, 0.2) is 0 Å². The van der Waals surface area contributed by atoms with E-state index in [1.165, 1.54) is 18.2 Å². The molecule has 6 heteroatoms. The normalized spacial score (nSPS) is 19.1. The first-order chi connectivity index (χ1) is 10.0. The van der Waals surface area contributed by atoms with Gasteiger partial charge in [-0.1, -0.05) is 0 Å². The lowest BCUT2D eigenvalue weighted by atomic mass is 10.1. The number of benzene rings is 1. The Morgan fingerprint density at radius 3 is 2.86 bits per heavy atom. The number of sulfonamides is 1. The van der Waals surface area contributed by atoms with Gasteiger partial charge in [-0.25, -0.2) is 13.1 Å². The second-order valence-electron chi connectivity index (χ2n) is 5.26. The van der Waals surface area contributed by atoms with Crippen molar-refractivity contribution in [2.75, 3.05) is 13.2 Å². The van der Waals surface area contributed by atoms with Crippen LogP contribution in [0.1, 0.15) is 36.8 Å². The minimum absolute atomic E-state index is 0.157. The molecule has 1 aromatic rings. The van der Waals surface area contributed by atoms with Crippen molar-refractivity contribution in [2.24, 2.45) is 0 Å². The molecule has 1 aliphatic rings. The van der Waals surface area contributed by atoms with Gasteiger partial charge in [-0.05, 0) is 56.4 Å². The average Bonchev–Trinajstić information content (AvgIpc) is 2.48. The Morgan fingerprint density at radius 1 is 1.43 bits per heavy atom. The van der Waals surface area contributed by atoms with Crippen molar-refractivity contribution in [3.63, 3.8) is 0 Å². The zero-order valence-corrected chi connectivity index (χ0v) is 12.9. The number of hydrogen-bond acceptors (Lipinski definition) is 4. The van der Waals surface area contributed by atoms with Crippen molar-refractivity contribution >= 4 is 10.0 Å². The van der Waals surface area contributed by atoms with Gasteiger partial charge in [0.25, 0.3) is 0 Å². The third-order valence-electron chi connectivity index (χ3n) is 3.66. The molecule has 0 bridgehead atoms. The van der Waals surface area contributed by atoms with Crippen LogP contribution in [0.4, 0.5) is 0 Å². The topological polar surface area (TPSA) is 79.2 Å². The third kappa shape index (κ3) is 4.27. The van der Waals surface area contributed by atoms with Crippen LogP contribution >= 0.6 is 0 Å². The summed E-state index contributed by atoms with van der Waals surface area (Å²) in [5, 5.41) is 8.87. The maximum absolute atomic E-state index is 12.2. The molecule has 5 nitrogen and oxygen atoms in total. The van der Waals surface area contributed by atoms with Gasteiger partial charge in [-0.2, -0.15) is 5.26 Å². The van der Waals surface area contributed by atoms with Crippen LogP contribution in [-0.4, -0.2) is 27.7 Å². The SMILES string of the molecule is Cc1cc(S(=O)(=O)NCCC2CCCCO2)ccc1C#N. The van der Waals surface area contributed by atoms with Crippen molar-refractivity contribution in [3.8, 4) is 6.07 Å². The molecule has 0 spiro atoms. The molecule has 1 N–H and O–H groups in total. The summed E-state index contributed by atoms with van der Waals surface area (Å²) in [6.07, 6.45) is 4.08. The number of hydrogen-bond donors (Lipinski definition) is 1. The minimum Gasteiger partial charge on any atom is -0.378 e. The van der Waals surface area contributed by atoms with Crippen LogP contribution < -0.4 is 4.72 Å². The van der Waals surface area contributed by atoms with Crippen LogP contribution in [0.3, 0.4) is 0 Å². The number of nitrogens with zero attached hydrogens (tertiary/aromatic N) is 1. The van der Waals surface area contributed by atoms with E-state index in [4.69, 9.17) is 10.00 Å². The number of ether oxygens (including phenoxy) is 1. The lowest BCUT2D eigenvalue weighted by Crippen LogP contribution is -2.29. The highest BCUT2D eigenvalue weighted by molar-refractivity contribution is 7.89. The summed E-state index contributed by atoms with van der Waals surface area (Å²) in [6, 6.07) is 6.55. The fraction of sp³-hybridized carbons (Fsp3) is 0.533. The Hall–Kier alpha value is -1.42. The maximum Gasteiger partial charge on any atom is 0.240 e. The monoisotopic (exact) mass is 308 g/mol. The Labute approximate surface area is 126 Å². The van der Waals surface area contributed by atoms with E-state index in [9.17, 15) is 8.42 Å². The molecule has 1 aromatic carbocycles. The van der Waals surface area contributed by atoms with Gasteiger partial charge in [0.05, 0.1) is 22.6 Å². The Morgan fingerprint density at radius 2 is 2.24 bits per heavy atom. The minimum atomic E-state index is -3.52. The fourth-order valence-corrected chi connectivity index (χ4v) is 3.53. The van der Waals surface area contributed by atoms with Crippen LogP contribution in [0.25, 0.3) is 0 Å². The zero-order valence-electron chi connectivity index (χ0n) is 12.1. The summed E-state index contributed by atoms with van der Waals surface area (Å²) in [5.74, 6) is 0. The van der Waals surface area contributed by atoms with Crippen molar-refractivity contribution in [2.45, 2.75) is 43.6 Å². The molecule has 21 heavy (non-hydrogen) atoms. The molecule has 1 fully saturated rings. The van der Waals surface area contributed by atoms with Gasteiger partial charge in [0, 0.05) is 13.2 Å². The van der Waals surface area contributed by atoms with E-state index in [0.29, 0.717) is 24.1 Å². The average molecular weight is 308 g/mol. The van der Waals surface area contributed by atoms with Gasteiger partial charge in [0.2, 0.25) is 10.0 Å². The Bertz CT molecular complexity index is 629. The molecule has 1 unspecified atom stereocenters. The summed E-state index contributed by atoms with van der Waals surface area (Å²) >= 11 is 0. The molecule has 1 aliphatic heterocycles. The second-order valence-corrected chi connectivity index (χ2v) is 7.03. The van der Waals surface area contributed by atoms with Gasteiger partial charge in [-0.15, -0.1) is 0 Å². The van der Waals surface area contributed by atoms with Crippen LogP contribution in [-0.2, 0) is 14.8 Å². The van der Waals surface area contributed by atoms with Crippen molar-refractivity contribution < 1.29 is 13.2 Å². The molecule has 0 aromatic heterocycles. The lowest BCUT2D eigenvalue weighted by molar-refractivity contribution is 0.0123. The van der Waals surface area contributed by atoms with Crippen molar-refractivity contribution in [1.82, 2.24) is 4.72 Å².